The second-order valence-corrected chi connectivity index (χ2v) is 8.57. The molecule has 1 aromatic heterocycles. The lowest BCUT2D eigenvalue weighted by Gasteiger charge is -2.30. The summed E-state index contributed by atoms with van der Waals surface area (Å²) >= 11 is 1.54. The Morgan fingerprint density at radius 3 is 2.62 bits per heavy atom. The third kappa shape index (κ3) is 4.06. The molecule has 7 heteroatoms. The molecule has 4 rings (SSSR count). The lowest BCUT2D eigenvalue weighted by Crippen LogP contribution is -2.48. The zero-order chi connectivity index (χ0) is 20.5. The quantitative estimate of drug-likeness (QED) is 0.642. The number of carbonyl (C=O) groups is 1. The Bertz CT molecular complexity index is 1010. The zero-order valence-corrected chi connectivity index (χ0v) is 18.0. The minimum absolute atomic E-state index is 0.131. The third-order valence-corrected chi connectivity index (χ3v) is 6.09. The summed E-state index contributed by atoms with van der Waals surface area (Å²) in [5.41, 5.74) is 3.34. The molecule has 1 unspecified atom stereocenters. The normalized spacial score (nSPS) is 15.7. The smallest absolute Gasteiger partial charge is 0.273 e. The van der Waals surface area contributed by atoms with Crippen LogP contribution in [0.1, 0.15) is 11.1 Å². The maximum absolute atomic E-state index is 13.4. The number of thiazole rings is 1. The maximum Gasteiger partial charge on any atom is 0.273 e. The van der Waals surface area contributed by atoms with Crippen molar-refractivity contribution in [1.82, 2.24) is 9.88 Å². The van der Waals surface area contributed by atoms with Crippen LogP contribution in [0.5, 0.6) is 11.5 Å². The van der Waals surface area contributed by atoms with Crippen molar-refractivity contribution in [3.63, 3.8) is 0 Å². The van der Waals surface area contributed by atoms with Gasteiger partial charge in [0.15, 0.2) is 16.6 Å². The van der Waals surface area contributed by atoms with Crippen LogP contribution in [0.4, 0.5) is 5.13 Å². The molecule has 0 N–H and O–H groups in total. The van der Waals surface area contributed by atoms with Gasteiger partial charge in [0.25, 0.3) is 5.91 Å². The summed E-state index contributed by atoms with van der Waals surface area (Å²) in [5, 5.41) is 0.694. The Labute approximate surface area is 174 Å². The summed E-state index contributed by atoms with van der Waals surface area (Å²) in [6.45, 7) is 5.62. The minimum Gasteiger partial charge on any atom is -0.485 e. The van der Waals surface area contributed by atoms with Crippen LogP contribution in [0.25, 0.3) is 10.2 Å². The van der Waals surface area contributed by atoms with Crippen molar-refractivity contribution in [2.75, 3.05) is 38.7 Å². The van der Waals surface area contributed by atoms with E-state index in [9.17, 15) is 4.79 Å². The fourth-order valence-corrected chi connectivity index (χ4v) is 4.28. The highest BCUT2D eigenvalue weighted by Crippen LogP contribution is 2.34. The van der Waals surface area contributed by atoms with Gasteiger partial charge in [-0.1, -0.05) is 23.5 Å². The van der Waals surface area contributed by atoms with Crippen molar-refractivity contribution >= 4 is 32.6 Å². The van der Waals surface area contributed by atoms with Gasteiger partial charge in [0.1, 0.15) is 6.61 Å². The number of anilines is 1. The number of ether oxygens (including phenoxy) is 2. The molecule has 0 saturated carbocycles. The van der Waals surface area contributed by atoms with E-state index in [4.69, 9.17) is 14.5 Å². The molecular weight excluding hydrogens is 386 g/mol. The highest BCUT2D eigenvalue weighted by molar-refractivity contribution is 7.22. The van der Waals surface area contributed by atoms with Crippen LogP contribution in [0.2, 0.25) is 0 Å². The van der Waals surface area contributed by atoms with Gasteiger partial charge in [0.2, 0.25) is 6.10 Å². The average molecular weight is 412 g/mol. The first-order valence-electron chi connectivity index (χ1n) is 9.65. The molecule has 3 aromatic rings. The zero-order valence-electron chi connectivity index (χ0n) is 17.1. The molecule has 1 atom stereocenters. The average Bonchev–Trinajstić information content (AvgIpc) is 3.10. The van der Waals surface area contributed by atoms with Gasteiger partial charge >= 0.3 is 0 Å². The van der Waals surface area contributed by atoms with Gasteiger partial charge in [-0.3, -0.25) is 9.69 Å². The Morgan fingerprint density at radius 2 is 1.86 bits per heavy atom. The highest BCUT2D eigenvalue weighted by atomic mass is 32.1. The molecule has 2 aromatic carbocycles. The van der Waals surface area contributed by atoms with Gasteiger partial charge in [-0.05, 0) is 63.3 Å². The van der Waals surface area contributed by atoms with Crippen LogP contribution < -0.4 is 14.4 Å². The number of nitrogens with zero attached hydrogens (tertiary/aromatic N) is 3. The molecule has 0 aliphatic carbocycles. The van der Waals surface area contributed by atoms with Gasteiger partial charge in [0, 0.05) is 13.1 Å². The van der Waals surface area contributed by atoms with E-state index in [2.05, 4.69) is 30.9 Å². The highest BCUT2D eigenvalue weighted by Gasteiger charge is 2.33. The van der Waals surface area contributed by atoms with Gasteiger partial charge in [-0.15, -0.1) is 0 Å². The van der Waals surface area contributed by atoms with Crippen molar-refractivity contribution in [2.45, 2.75) is 20.0 Å². The summed E-state index contributed by atoms with van der Waals surface area (Å²) in [4.78, 5) is 21.9. The van der Waals surface area contributed by atoms with Gasteiger partial charge in [0.05, 0.1) is 10.2 Å². The van der Waals surface area contributed by atoms with E-state index in [-0.39, 0.29) is 12.5 Å². The molecule has 1 amide bonds. The van der Waals surface area contributed by atoms with Gasteiger partial charge < -0.3 is 14.4 Å². The first kappa shape index (κ1) is 19.7. The van der Waals surface area contributed by atoms with Crippen molar-refractivity contribution in [2.24, 2.45) is 0 Å². The molecule has 6 nitrogen and oxygen atoms in total. The minimum atomic E-state index is -0.692. The van der Waals surface area contributed by atoms with E-state index in [0.29, 0.717) is 23.2 Å². The summed E-state index contributed by atoms with van der Waals surface area (Å²) in [6.07, 6.45) is -0.692. The van der Waals surface area contributed by atoms with E-state index >= 15 is 0 Å². The predicted molar refractivity (Wildman–Crippen MR) is 116 cm³/mol. The second kappa shape index (κ2) is 8.00. The maximum atomic E-state index is 13.4. The number of rotatable bonds is 5. The van der Waals surface area contributed by atoms with Crippen LogP contribution in [0, 0.1) is 13.8 Å². The van der Waals surface area contributed by atoms with Crippen molar-refractivity contribution in [3.8, 4) is 11.5 Å². The van der Waals surface area contributed by atoms with E-state index in [1.165, 1.54) is 22.5 Å². The molecule has 152 valence electrons. The van der Waals surface area contributed by atoms with Crippen molar-refractivity contribution in [1.29, 1.82) is 0 Å². The molecule has 1 aliphatic rings. The number of hydrogen-bond acceptors (Lipinski definition) is 6. The summed E-state index contributed by atoms with van der Waals surface area (Å²) in [6, 6.07) is 11.6. The number of para-hydroxylation sites is 2. The third-order valence-electron chi connectivity index (χ3n) is 5.04. The fourth-order valence-electron chi connectivity index (χ4n) is 3.20. The Kier molecular flexibility index (Phi) is 5.43. The number of carbonyl (C=O) groups excluding carboxylic acids is 1. The SMILES string of the molecule is Cc1cc2nc(N(CCN(C)C)C(=O)C3COc4ccccc4O3)sc2cc1C. The number of amides is 1. The van der Waals surface area contributed by atoms with Crippen LogP contribution in [-0.2, 0) is 4.79 Å². The number of hydrogen-bond donors (Lipinski definition) is 0. The molecule has 2 heterocycles. The van der Waals surface area contributed by atoms with E-state index in [0.717, 1.165) is 16.8 Å². The molecule has 1 aliphatic heterocycles. The summed E-state index contributed by atoms with van der Waals surface area (Å²) < 4.78 is 12.8. The Balaban J connectivity index is 1.64. The second-order valence-electron chi connectivity index (χ2n) is 7.56. The van der Waals surface area contributed by atoms with Gasteiger partial charge in [-0.25, -0.2) is 4.98 Å². The Hall–Kier alpha value is -2.64. The van der Waals surface area contributed by atoms with Crippen LogP contribution >= 0.6 is 11.3 Å². The topological polar surface area (TPSA) is 54.9 Å². The van der Waals surface area contributed by atoms with E-state index < -0.39 is 6.10 Å². The number of benzene rings is 2. The number of aryl methyl sites for hydroxylation is 2. The largest absolute Gasteiger partial charge is 0.485 e. The first-order chi connectivity index (χ1) is 13.9. The molecule has 0 spiro atoms. The number of fused-ring (bicyclic) bond motifs is 2. The monoisotopic (exact) mass is 411 g/mol. The fraction of sp³-hybridized carbons (Fsp3) is 0.364. The van der Waals surface area contributed by atoms with Crippen LogP contribution in [0.3, 0.4) is 0 Å². The number of aromatic nitrogens is 1. The predicted octanol–water partition coefficient (Wildman–Crippen LogP) is 3.65. The van der Waals surface area contributed by atoms with Crippen molar-refractivity contribution in [3.05, 3.63) is 47.5 Å². The van der Waals surface area contributed by atoms with Gasteiger partial charge in [-0.2, -0.15) is 0 Å². The summed E-state index contributed by atoms with van der Waals surface area (Å²) in [7, 11) is 3.98. The van der Waals surface area contributed by atoms with E-state index in [1.807, 2.05) is 38.4 Å². The summed E-state index contributed by atoms with van der Waals surface area (Å²) in [5.74, 6) is 1.14. The van der Waals surface area contributed by atoms with Crippen LogP contribution in [-0.4, -0.2) is 55.7 Å². The van der Waals surface area contributed by atoms with Crippen LogP contribution in [0.15, 0.2) is 36.4 Å². The molecule has 0 bridgehead atoms. The number of likely N-dealkylation sites (N-methyl/N-ethyl adjacent to an activating group) is 1. The van der Waals surface area contributed by atoms with Crippen molar-refractivity contribution < 1.29 is 14.3 Å². The Morgan fingerprint density at radius 1 is 1.14 bits per heavy atom. The molecule has 29 heavy (non-hydrogen) atoms. The molecule has 0 fully saturated rings. The lowest BCUT2D eigenvalue weighted by atomic mass is 10.1. The first-order valence-corrected chi connectivity index (χ1v) is 10.5. The molecule has 0 saturated heterocycles. The molecule has 0 radical (unpaired) electrons. The standard InChI is InChI=1S/C22H25N3O3S/c1-14-11-16-20(12-15(14)2)29-22(23-16)25(10-9-24(3)4)21(26)19-13-27-17-7-5-6-8-18(17)28-19/h5-8,11-12,19H,9-10,13H2,1-4H3. The molecular formula is C22H25N3O3S. The lowest BCUT2D eigenvalue weighted by molar-refractivity contribution is -0.127. The van der Waals surface area contributed by atoms with E-state index in [1.54, 1.807) is 4.90 Å².